The van der Waals surface area contributed by atoms with Gasteiger partial charge in [-0.25, -0.2) is 4.79 Å². The topological polar surface area (TPSA) is 76.2 Å². The molecule has 3 aromatic rings. The predicted octanol–water partition coefficient (Wildman–Crippen LogP) is 5.22. The van der Waals surface area contributed by atoms with E-state index in [0.717, 1.165) is 22.4 Å². The number of nitrogens with zero attached hydrogens (tertiary/aromatic N) is 2. The second-order valence-electron chi connectivity index (χ2n) is 9.59. The van der Waals surface area contributed by atoms with Gasteiger partial charge in [-0.2, -0.15) is 8.42 Å². The fourth-order valence-electron chi connectivity index (χ4n) is 4.46. The van der Waals surface area contributed by atoms with Crippen molar-refractivity contribution in [2.45, 2.75) is 51.2 Å². The molecule has 0 spiro atoms. The third-order valence-corrected chi connectivity index (χ3v) is 8.17. The predicted molar refractivity (Wildman–Crippen MR) is 143 cm³/mol. The van der Waals surface area contributed by atoms with Gasteiger partial charge < -0.3 is 14.5 Å². The highest BCUT2D eigenvalue weighted by Crippen LogP contribution is 2.25. The number of aryl methyl sites for hydroxylation is 3. The molecule has 1 saturated heterocycles. The van der Waals surface area contributed by atoms with Gasteiger partial charge in [0, 0.05) is 19.6 Å². The number of carbonyl (C=O) groups is 1. The maximum Gasteiger partial charge on any atom is 0.320 e. The molecule has 2 amide bonds. The Morgan fingerprint density at radius 1 is 0.865 bits per heavy atom. The molecule has 0 aliphatic carbocycles. The van der Waals surface area contributed by atoms with Crippen molar-refractivity contribution in [1.29, 1.82) is 0 Å². The highest BCUT2D eigenvalue weighted by Gasteiger charge is 2.37. The number of methoxy groups -OCH3 is 1. The maximum atomic E-state index is 13.5. The molecule has 1 heterocycles. The van der Waals surface area contributed by atoms with Crippen LogP contribution in [0.4, 0.5) is 4.79 Å². The van der Waals surface area contributed by atoms with E-state index in [1.807, 2.05) is 47.1 Å². The maximum absolute atomic E-state index is 13.5. The molecule has 4 rings (SSSR count). The minimum absolute atomic E-state index is 0.00918. The van der Waals surface area contributed by atoms with Crippen molar-refractivity contribution in [1.82, 2.24) is 9.80 Å². The van der Waals surface area contributed by atoms with E-state index >= 15 is 0 Å². The molecule has 37 heavy (non-hydrogen) atoms. The largest absolute Gasteiger partial charge is 0.497 e. The van der Waals surface area contributed by atoms with E-state index in [2.05, 4.69) is 26.0 Å². The van der Waals surface area contributed by atoms with Crippen molar-refractivity contribution in [2.75, 3.05) is 20.3 Å². The van der Waals surface area contributed by atoms with Crippen LogP contribution in [0.1, 0.15) is 34.2 Å². The van der Waals surface area contributed by atoms with Crippen LogP contribution in [0.15, 0.2) is 71.6 Å². The zero-order valence-corrected chi connectivity index (χ0v) is 22.6. The molecule has 1 fully saturated rings. The lowest BCUT2D eigenvalue weighted by Gasteiger charge is -2.23. The third-order valence-electron chi connectivity index (χ3n) is 6.84. The van der Waals surface area contributed by atoms with Crippen LogP contribution in [-0.4, -0.2) is 50.6 Å². The molecule has 1 aliphatic rings. The molecular weight excluding hydrogens is 488 g/mol. The Kier molecular flexibility index (Phi) is 8.19. The average Bonchev–Trinajstić information content (AvgIpc) is 3.16. The molecule has 1 unspecified atom stereocenters. The van der Waals surface area contributed by atoms with Crippen LogP contribution >= 0.6 is 0 Å². The fraction of sp³-hybridized carbons (Fsp3) is 0.345. The van der Waals surface area contributed by atoms with Crippen LogP contribution in [0, 0.1) is 20.8 Å². The fourth-order valence-corrected chi connectivity index (χ4v) is 5.38. The summed E-state index contributed by atoms with van der Waals surface area (Å²) in [4.78, 5) is 17.2. The molecule has 1 atom stereocenters. The number of urea groups is 1. The number of hydrogen-bond acceptors (Lipinski definition) is 5. The van der Waals surface area contributed by atoms with Crippen LogP contribution in [-0.2, 0) is 27.4 Å². The van der Waals surface area contributed by atoms with E-state index in [0.29, 0.717) is 26.1 Å². The van der Waals surface area contributed by atoms with Crippen molar-refractivity contribution in [3.63, 3.8) is 0 Å². The number of ether oxygens (including phenoxy) is 1. The van der Waals surface area contributed by atoms with Crippen molar-refractivity contribution in [3.05, 3.63) is 94.5 Å². The van der Waals surface area contributed by atoms with Crippen molar-refractivity contribution in [3.8, 4) is 5.75 Å². The zero-order valence-electron chi connectivity index (χ0n) is 21.8. The first-order valence-electron chi connectivity index (χ1n) is 12.4. The lowest BCUT2D eigenvalue weighted by atomic mass is 10.1. The van der Waals surface area contributed by atoms with E-state index in [-0.39, 0.29) is 23.6 Å². The summed E-state index contributed by atoms with van der Waals surface area (Å²) in [6, 6.07) is 20.2. The monoisotopic (exact) mass is 522 g/mol. The molecule has 0 bridgehead atoms. The van der Waals surface area contributed by atoms with Crippen LogP contribution in [0.25, 0.3) is 0 Å². The first-order chi connectivity index (χ1) is 17.7. The van der Waals surface area contributed by atoms with Crippen LogP contribution in [0.2, 0.25) is 0 Å². The highest BCUT2D eigenvalue weighted by atomic mass is 32.2. The summed E-state index contributed by atoms with van der Waals surface area (Å²) in [5, 5.41) is 0. The summed E-state index contributed by atoms with van der Waals surface area (Å²) >= 11 is 0. The second kappa shape index (κ2) is 11.4. The lowest BCUT2D eigenvalue weighted by Crippen LogP contribution is -2.35. The number of hydrogen-bond donors (Lipinski definition) is 0. The van der Waals surface area contributed by atoms with Crippen molar-refractivity contribution >= 4 is 16.1 Å². The molecule has 1 aliphatic heterocycles. The molecule has 0 saturated carbocycles. The Morgan fingerprint density at radius 2 is 1.54 bits per heavy atom. The first kappa shape index (κ1) is 26.7. The molecule has 0 N–H and O–H groups in total. The summed E-state index contributed by atoms with van der Waals surface area (Å²) in [5.41, 5.74) is 5.41. The van der Waals surface area contributed by atoms with Gasteiger partial charge in [0.05, 0.1) is 24.7 Å². The normalized spacial score (nSPS) is 15.9. The van der Waals surface area contributed by atoms with E-state index in [1.165, 1.54) is 11.1 Å². The van der Waals surface area contributed by atoms with Crippen LogP contribution in [0.5, 0.6) is 5.75 Å². The zero-order chi connectivity index (χ0) is 26.6. The van der Waals surface area contributed by atoms with Crippen LogP contribution in [0.3, 0.4) is 0 Å². The van der Waals surface area contributed by atoms with Crippen molar-refractivity contribution in [2.24, 2.45) is 0 Å². The van der Waals surface area contributed by atoms with Gasteiger partial charge in [0.2, 0.25) is 0 Å². The molecular formula is C29H34N2O5S. The van der Waals surface area contributed by atoms with E-state index in [9.17, 15) is 13.2 Å². The van der Waals surface area contributed by atoms with Gasteiger partial charge >= 0.3 is 6.03 Å². The molecule has 8 heteroatoms. The van der Waals surface area contributed by atoms with Crippen LogP contribution < -0.4 is 4.74 Å². The Labute approximate surface area is 219 Å². The average molecular weight is 523 g/mol. The molecule has 0 radical (unpaired) electrons. The van der Waals surface area contributed by atoms with E-state index in [4.69, 9.17) is 8.92 Å². The van der Waals surface area contributed by atoms with Gasteiger partial charge in [0.15, 0.2) is 0 Å². The van der Waals surface area contributed by atoms with E-state index < -0.39 is 10.1 Å². The Balaban J connectivity index is 1.48. The molecule has 0 aromatic heterocycles. The summed E-state index contributed by atoms with van der Waals surface area (Å²) in [5.74, 6) is 0.749. The van der Waals surface area contributed by atoms with Gasteiger partial charge in [-0.1, -0.05) is 48.0 Å². The highest BCUT2D eigenvalue weighted by molar-refractivity contribution is 7.86. The number of benzene rings is 3. The SMILES string of the molecule is COc1ccc(CN2C(=O)N(Cc3ccc(C)c(C)c3)CC2CCOS(=O)(=O)c2ccc(C)cc2)cc1. The van der Waals surface area contributed by atoms with Gasteiger partial charge in [-0.05, 0) is 73.7 Å². The Bertz CT molecular complexity index is 1340. The summed E-state index contributed by atoms with van der Waals surface area (Å²) in [6.45, 7) is 7.43. The van der Waals surface area contributed by atoms with Gasteiger partial charge in [-0.3, -0.25) is 4.18 Å². The number of rotatable bonds is 10. The molecule has 196 valence electrons. The minimum Gasteiger partial charge on any atom is -0.497 e. The smallest absolute Gasteiger partial charge is 0.320 e. The third kappa shape index (κ3) is 6.50. The summed E-state index contributed by atoms with van der Waals surface area (Å²) in [7, 11) is -2.25. The van der Waals surface area contributed by atoms with Gasteiger partial charge in [0.1, 0.15) is 5.75 Å². The molecule has 3 aromatic carbocycles. The Morgan fingerprint density at radius 3 is 2.19 bits per heavy atom. The number of amides is 2. The standard InChI is InChI=1S/C29H34N2O5S/c1-21-5-13-28(14-6-21)37(33,34)36-16-15-26-20-30(18-25-8-7-22(2)23(3)17-25)29(32)31(26)19-24-9-11-27(35-4)12-10-24/h5-14,17,26H,15-16,18-20H2,1-4H3. The number of carbonyl (C=O) groups excluding carboxylic acids is 1. The van der Waals surface area contributed by atoms with Crippen molar-refractivity contribution < 1.29 is 22.1 Å². The van der Waals surface area contributed by atoms with E-state index in [1.54, 1.807) is 31.4 Å². The summed E-state index contributed by atoms with van der Waals surface area (Å²) in [6.07, 6.45) is 0.399. The molecule has 7 nitrogen and oxygen atoms in total. The first-order valence-corrected chi connectivity index (χ1v) is 13.8. The quantitative estimate of drug-likeness (QED) is 0.341. The lowest BCUT2D eigenvalue weighted by molar-refractivity contribution is 0.177. The Hall–Kier alpha value is -3.36. The van der Waals surface area contributed by atoms with Gasteiger partial charge in [0.25, 0.3) is 10.1 Å². The minimum atomic E-state index is -3.87. The second-order valence-corrected chi connectivity index (χ2v) is 11.2. The van der Waals surface area contributed by atoms with Gasteiger partial charge in [-0.15, -0.1) is 0 Å². The summed E-state index contributed by atoms with van der Waals surface area (Å²) < 4.78 is 35.9.